The Morgan fingerprint density at radius 1 is 1.31 bits per heavy atom. The molecule has 1 rings (SSSR count). The molecule has 4 heteroatoms. The first-order valence-corrected chi connectivity index (χ1v) is 6.14. The SMILES string of the molecule is CC(C)[C@H](N)C(=O)N1CCC(N(C)C)CC1. The molecule has 0 spiro atoms. The fraction of sp³-hybridized carbons (Fsp3) is 0.917. The number of piperidine rings is 1. The highest BCUT2D eigenvalue weighted by Crippen LogP contribution is 2.15. The number of likely N-dealkylation sites (tertiary alicyclic amines) is 1. The van der Waals surface area contributed by atoms with Crippen molar-refractivity contribution in [2.24, 2.45) is 11.7 Å². The molecule has 2 N–H and O–H groups in total. The predicted octanol–water partition coefficient (Wildman–Crippen LogP) is 0.522. The summed E-state index contributed by atoms with van der Waals surface area (Å²) in [7, 11) is 4.20. The Labute approximate surface area is 98.8 Å². The van der Waals surface area contributed by atoms with Crippen LogP contribution in [0.25, 0.3) is 0 Å². The second-order valence-electron chi connectivity index (χ2n) is 5.29. The average molecular weight is 227 g/mol. The highest BCUT2D eigenvalue weighted by Gasteiger charge is 2.28. The van der Waals surface area contributed by atoms with Crippen LogP contribution in [0, 0.1) is 5.92 Å². The minimum atomic E-state index is -0.337. The van der Waals surface area contributed by atoms with Crippen molar-refractivity contribution in [3.05, 3.63) is 0 Å². The van der Waals surface area contributed by atoms with E-state index in [0.717, 1.165) is 25.9 Å². The van der Waals surface area contributed by atoms with Gasteiger partial charge in [0.05, 0.1) is 6.04 Å². The van der Waals surface area contributed by atoms with Crippen LogP contribution < -0.4 is 5.73 Å². The van der Waals surface area contributed by atoms with E-state index in [4.69, 9.17) is 5.73 Å². The van der Waals surface area contributed by atoms with Gasteiger partial charge in [0.2, 0.25) is 5.91 Å². The molecule has 1 aliphatic heterocycles. The summed E-state index contributed by atoms with van der Waals surface area (Å²) in [6.07, 6.45) is 2.12. The van der Waals surface area contributed by atoms with Gasteiger partial charge in [0, 0.05) is 19.1 Å². The molecule has 0 aromatic rings. The van der Waals surface area contributed by atoms with Crippen LogP contribution in [0.15, 0.2) is 0 Å². The molecule has 1 atom stereocenters. The minimum Gasteiger partial charge on any atom is -0.341 e. The summed E-state index contributed by atoms with van der Waals surface area (Å²) in [4.78, 5) is 16.2. The van der Waals surface area contributed by atoms with Gasteiger partial charge in [-0.1, -0.05) is 13.8 Å². The topological polar surface area (TPSA) is 49.6 Å². The summed E-state index contributed by atoms with van der Waals surface area (Å²) in [5.41, 5.74) is 5.88. The van der Waals surface area contributed by atoms with Gasteiger partial charge in [-0.2, -0.15) is 0 Å². The molecular weight excluding hydrogens is 202 g/mol. The lowest BCUT2D eigenvalue weighted by atomic mass is 10.00. The van der Waals surface area contributed by atoms with Crippen LogP contribution in [-0.4, -0.2) is 55.0 Å². The summed E-state index contributed by atoms with van der Waals surface area (Å²) in [5.74, 6) is 0.339. The van der Waals surface area contributed by atoms with E-state index < -0.39 is 0 Å². The number of nitrogens with two attached hydrogens (primary N) is 1. The van der Waals surface area contributed by atoms with E-state index in [2.05, 4.69) is 19.0 Å². The van der Waals surface area contributed by atoms with Crippen LogP contribution in [0.5, 0.6) is 0 Å². The molecule has 4 nitrogen and oxygen atoms in total. The second kappa shape index (κ2) is 5.64. The third kappa shape index (κ3) is 3.19. The Bertz CT molecular complexity index is 232. The van der Waals surface area contributed by atoms with Crippen molar-refractivity contribution >= 4 is 5.91 Å². The van der Waals surface area contributed by atoms with Crippen molar-refractivity contribution in [1.29, 1.82) is 0 Å². The van der Waals surface area contributed by atoms with Crippen LogP contribution in [0.2, 0.25) is 0 Å². The van der Waals surface area contributed by atoms with Gasteiger partial charge in [-0.3, -0.25) is 4.79 Å². The van der Waals surface area contributed by atoms with Crippen LogP contribution in [0.4, 0.5) is 0 Å². The summed E-state index contributed by atoms with van der Waals surface area (Å²) in [6.45, 7) is 5.69. The van der Waals surface area contributed by atoms with Crippen molar-refractivity contribution in [3.8, 4) is 0 Å². The first kappa shape index (κ1) is 13.5. The standard InChI is InChI=1S/C12H25N3O/c1-9(2)11(13)12(16)15-7-5-10(6-8-15)14(3)4/h9-11H,5-8,13H2,1-4H3/t11-/m0/s1. The molecular formula is C12H25N3O. The Morgan fingerprint density at radius 3 is 2.19 bits per heavy atom. The van der Waals surface area contributed by atoms with Gasteiger partial charge in [-0.05, 0) is 32.9 Å². The lowest BCUT2D eigenvalue weighted by molar-refractivity contribution is -0.135. The van der Waals surface area contributed by atoms with Crippen molar-refractivity contribution in [3.63, 3.8) is 0 Å². The molecule has 0 bridgehead atoms. The van der Waals surface area contributed by atoms with Gasteiger partial charge >= 0.3 is 0 Å². The third-order valence-corrected chi connectivity index (χ3v) is 3.51. The zero-order valence-corrected chi connectivity index (χ0v) is 10.9. The largest absolute Gasteiger partial charge is 0.341 e. The molecule has 1 saturated heterocycles. The van der Waals surface area contributed by atoms with E-state index in [0.29, 0.717) is 6.04 Å². The first-order chi connectivity index (χ1) is 7.43. The predicted molar refractivity (Wildman–Crippen MR) is 66.1 cm³/mol. The quantitative estimate of drug-likeness (QED) is 0.765. The van der Waals surface area contributed by atoms with E-state index in [1.54, 1.807) is 0 Å². The lowest BCUT2D eigenvalue weighted by Gasteiger charge is -2.36. The van der Waals surface area contributed by atoms with Gasteiger partial charge in [-0.15, -0.1) is 0 Å². The molecule has 16 heavy (non-hydrogen) atoms. The van der Waals surface area contributed by atoms with Gasteiger partial charge in [0.15, 0.2) is 0 Å². The maximum absolute atomic E-state index is 12.0. The van der Waals surface area contributed by atoms with Crippen LogP contribution in [0.1, 0.15) is 26.7 Å². The number of amides is 1. The highest BCUT2D eigenvalue weighted by atomic mass is 16.2. The second-order valence-corrected chi connectivity index (χ2v) is 5.29. The highest BCUT2D eigenvalue weighted by molar-refractivity contribution is 5.82. The maximum Gasteiger partial charge on any atom is 0.239 e. The van der Waals surface area contributed by atoms with Gasteiger partial charge in [0.25, 0.3) is 0 Å². The molecule has 0 aromatic carbocycles. The summed E-state index contributed by atoms with van der Waals surface area (Å²) in [5, 5.41) is 0. The monoisotopic (exact) mass is 227 g/mol. The van der Waals surface area contributed by atoms with Crippen molar-refractivity contribution in [2.75, 3.05) is 27.2 Å². The van der Waals surface area contributed by atoms with Crippen LogP contribution in [-0.2, 0) is 4.79 Å². The van der Waals surface area contributed by atoms with E-state index >= 15 is 0 Å². The fourth-order valence-electron chi connectivity index (χ4n) is 2.10. The molecule has 0 saturated carbocycles. The van der Waals surface area contributed by atoms with E-state index in [-0.39, 0.29) is 17.9 Å². The fourth-order valence-corrected chi connectivity index (χ4v) is 2.10. The number of hydrogen-bond acceptors (Lipinski definition) is 3. The zero-order chi connectivity index (χ0) is 12.3. The van der Waals surface area contributed by atoms with Gasteiger partial charge in [0.1, 0.15) is 0 Å². The molecule has 1 amide bonds. The number of carbonyl (C=O) groups is 1. The summed E-state index contributed by atoms with van der Waals surface area (Å²) in [6, 6.07) is 0.273. The van der Waals surface area contributed by atoms with Crippen LogP contribution >= 0.6 is 0 Å². The Hall–Kier alpha value is -0.610. The normalized spacial score (nSPS) is 20.6. The molecule has 94 valence electrons. The Balaban J connectivity index is 2.45. The molecule has 0 unspecified atom stereocenters. The number of nitrogens with zero attached hydrogens (tertiary/aromatic N) is 2. The van der Waals surface area contributed by atoms with Crippen molar-refractivity contribution in [2.45, 2.75) is 38.8 Å². The minimum absolute atomic E-state index is 0.118. The molecule has 1 fully saturated rings. The lowest BCUT2D eigenvalue weighted by Crippen LogP contribution is -2.51. The number of carbonyl (C=O) groups excluding carboxylic acids is 1. The van der Waals surface area contributed by atoms with Crippen LogP contribution in [0.3, 0.4) is 0 Å². The van der Waals surface area contributed by atoms with E-state index in [1.807, 2.05) is 18.7 Å². The molecule has 0 radical (unpaired) electrons. The molecule has 0 aliphatic carbocycles. The molecule has 1 heterocycles. The Kier molecular flexibility index (Phi) is 4.74. The smallest absolute Gasteiger partial charge is 0.239 e. The van der Waals surface area contributed by atoms with Crippen molar-refractivity contribution in [1.82, 2.24) is 9.80 Å². The third-order valence-electron chi connectivity index (χ3n) is 3.51. The van der Waals surface area contributed by atoms with Gasteiger partial charge in [-0.25, -0.2) is 0 Å². The summed E-state index contributed by atoms with van der Waals surface area (Å²) < 4.78 is 0. The van der Waals surface area contributed by atoms with E-state index in [9.17, 15) is 4.79 Å². The van der Waals surface area contributed by atoms with E-state index in [1.165, 1.54) is 0 Å². The number of hydrogen-bond donors (Lipinski definition) is 1. The van der Waals surface area contributed by atoms with Gasteiger partial charge < -0.3 is 15.5 Å². The first-order valence-electron chi connectivity index (χ1n) is 6.14. The number of rotatable bonds is 3. The zero-order valence-electron chi connectivity index (χ0n) is 10.9. The molecule has 1 aliphatic rings. The van der Waals surface area contributed by atoms with Crippen molar-refractivity contribution < 1.29 is 4.79 Å². The summed E-state index contributed by atoms with van der Waals surface area (Å²) >= 11 is 0. The maximum atomic E-state index is 12.0. The molecule has 0 aromatic heterocycles. The Morgan fingerprint density at radius 2 is 1.81 bits per heavy atom. The average Bonchev–Trinajstić information content (AvgIpc) is 2.27.